The Morgan fingerprint density at radius 2 is 2.23 bits per heavy atom. The zero-order valence-corrected chi connectivity index (χ0v) is 13.2. The van der Waals surface area contributed by atoms with Crippen LogP contribution in [0.2, 0.25) is 5.15 Å². The van der Waals surface area contributed by atoms with Crippen LogP contribution in [0.5, 0.6) is 0 Å². The summed E-state index contributed by atoms with van der Waals surface area (Å²) in [7, 11) is 0. The summed E-state index contributed by atoms with van der Waals surface area (Å²) < 4.78 is 10.3. The third-order valence-corrected chi connectivity index (χ3v) is 3.96. The van der Waals surface area contributed by atoms with Crippen molar-refractivity contribution in [3.63, 3.8) is 0 Å². The van der Waals surface area contributed by atoms with Gasteiger partial charge in [0.1, 0.15) is 5.56 Å². The van der Waals surface area contributed by atoms with Gasteiger partial charge in [-0.2, -0.15) is 0 Å². The Morgan fingerprint density at radius 3 is 2.86 bits per heavy atom. The highest BCUT2D eigenvalue weighted by molar-refractivity contribution is 6.29. The number of aliphatic hydroxyl groups excluding tert-OH is 1. The summed E-state index contributed by atoms with van der Waals surface area (Å²) in [6, 6.07) is 1.42. The first kappa shape index (κ1) is 16.9. The van der Waals surface area contributed by atoms with Gasteiger partial charge in [-0.3, -0.25) is 0 Å². The number of ether oxygens (including phenoxy) is 2. The van der Waals surface area contributed by atoms with Crippen molar-refractivity contribution in [1.82, 2.24) is 10.2 Å². The molecule has 1 aromatic heterocycles. The van der Waals surface area contributed by atoms with E-state index < -0.39 is 5.97 Å². The molecule has 0 amide bonds. The third kappa shape index (κ3) is 4.06. The van der Waals surface area contributed by atoms with E-state index in [0.29, 0.717) is 25.6 Å². The average Bonchev–Trinajstić information content (AvgIpc) is 2.54. The van der Waals surface area contributed by atoms with Gasteiger partial charge in [0.2, 0.25) is 0 Å². The van der Waals surface area contributed by atoms with Crippen molar-refractivity contribution < 1.29 is 19.4 Å². The van der Waals surface area contributed by atoms with E-state index in [-0.39, 0.29) is 29.3 Å². The largest absolute Gasteiger partial charge is 0.462 e. The lowest BCUT2D eigenvalue weighted by Gasteiger charge is -2.35. The fraction of sp³-hybridized carbons (Fsp3) is 0.643. The number of nitrogens with one attached hydrogen (secondary N) is 1. The second-order valence-electron chi connectivity index (χ2n) is 5.27. The number of nitrogens with zero attached hydrogens (tertiary/aromatic N) is 2. The van der Waals surface area contributed by atoms with Gasteiger partial charge in [0.05, 0.1) is 13.2 Å². The van der Waals surface area contributed by atoms with Gasteiger partial charge >= 0.3 is 5.97 Å². The van der Waals surface area contributed by atoms with Crippen LogP contribution in [-0.2, 0) is 9.47 Å². The van der Waals surface area contributed by atoms with Crippen molar-refractivity contribution in [3.05, 3.63) is 16.8 Å². The van der Waals surface area contributed by atoms with Crippen LogP contribution in [0, 0.1) is 5.41 Å². The van der Waals surface area contributed by atoms with Gasteiger partial charge in [-0.05, 0) is 25.8 Å². The number of carbonyl (C=O) groups is 1. The Kier molecular flexibility index (Phi) is 5.93. The molecule has 1 saturated heterocycles. The fourth-order valence-corrected chi connectivity index (χ4v) is 2.48. The Morgan fingerprint density at radius 1 is 1.50 bits per heavy atom. The van der Waals surface area contributed by atoms with E-state index in [4.69, 9.17) is 21.1 Å². The van der Waals surface area contributed by atoms with Gasteiger partial charge in [-0.25, -0.2) is 4.79 Å². The van der Waals surface area contributed by atoms with Crippen LogP contribution in [0.3, 0.4) is 0 Å². The molecule has 1 fully saturated rings. The summed E-state index contributed by atoms with van der Waals surface area (Å²) in [5, 5.41) is 20.6. The fourth-order valence-electron chi connectivity index (χ4n) is 2.33. The second-order valence-corrected chi connectivity index (χ2v) is 5.66. The van der Waals surface area contributed by atoms with E-state index in [1.165, 1.54) is 6.07 Å². The normalized spacial score (nSPS) is 17.0. The standard InChI is InChI=1S/C14H20ClN3O4/c1-2-22-13(20)10-7-11(15)17-18-12(10)16-8-14(9-19)3-5-21-6-4-14/h7,19H,2-6,8-9H2,1H3,(H,16,18). The molecule has 2 rings (SSSR count). The molecule has 2 heterocycles. The average molecular weight is 330 g/mol. The van der Waals surface area contributed by atoms with Crippen LogP contribution >= 0.6 is 11.6 Å². The molecule has 0 saturated carbocycles. The van der Waals surface area contributed by atoms with Crippen LogP contribution in [-0.4, -0.2) is 54.2 Å². The SMILES string of the molecule is CCOC(=O)c1cc(Cl)nnc1NCC1(CO)CCOCC1. The second kappa shape index (κ2) is 7.71. The van der Waals surface area contributed by atoms with Crippen molar-refractivity contribution in [3.8, 4) is 0 Å². The first-order chi connectivity index (χ1) is 10.6. The highest BCUT2D eigenvalue weighted by atomic mass is 35.5. The highest BCUT2D eigenvalue weighted by Crippen LogP contribution is 2.30. The van der Waals surface area contributed by atoms with Gasteiger partial charge in [0.25, 0.3) is 0 Å². The van der Waals surface area contributed by atoms with E-state index in [0.717, 1.165) is 12.8 Å². The summed E-state index contributed by atoms with van der Waals surface area (Å²) in [5.74, 6) is -0.200. The monoisotopic (exact) mass is 329 g/mol. The molecule has 0 aromatic carbocycles. The number of carbonyl (C=O) groups excluding carboxylic acids is 1. The smallest absolute Gasteiger partial charge is 0.342 e. The number of halogens is 1. The Balaban J connectivity index is 2.13. The van der Waals surface area contributed by atoms with Crippen LogP contribution in [0.1, 0.15) is 30.1 Å². The Labute approximate surface area is 134 Å². The van der Waals surface area contributed by atoms with Crippen LogP contribution in [0.25, 0.3) is 0 Å². The number of rotatable bonds is 6. The molecule has 0 atom stereocenters. The molecular weight excluding hydrogens is 310 g/mol. The van der Waals surface area contributed by atoms with Gasteiger partial charge in [0, 0.05) is 25.2 Å². The van der Waals surface area contributed by atoms with Gasteiger partial charge in [-0.15, -0.1) is 10.2 Å². The zero-order chi connectivity index (χ0) is 16.0. The summed E-state index contributed by atoms with van der Waals surface area (Å²) in [4.78, 5) is 12.0. The minimum atomic E-state index is -0.508. The van der Waals surface area contributed by atoms with E-state index >= 15 is 0 Å². The number of anilines is 1. The molecule has 2 N–H and O–H groups in total. The molecule has 0 unspecified atom stereocenters. The Bertz CT molecular complexity index is 521. The molecule has 22 heavy (non-hydrogen) atoms. The maximum atomic E-state index is 12.0. The van der Waals surface area contributed by atoms with Gasteiger partial charge in [-0.1, -0.05) is 11.6 Å². The maximum Gasteiger partial charge on any atom is 0.342 e. The molecule has 1 aliphatic heterocycles. The van der Waals surface area contributed by atoms with Gasteiger partial charge < -0.3 is 19.9 Å². The summed E-state index contributed by atoms with van der Waals surface area (Å²) in [6.07, 6.45) is 1.48. The van der Waals surface area contributed by atoms with Crippen molar-refractivity contribution in [1.29, 1.82) is 0 Å². The Hall–Kier alpha value is -1.44. The molecular formula is C14H20ClN3O4. The molecule has 1 aromatic rings. The van der Waals surface area contributed by atoms with Crippen molar-refractivity contribution in [2.45, 2.75) is 19.8 Å². The molecule has 0 spiro atoms. The van der Waals surface area contributed by atoms with Crippen molar-refractivity contribution >= 4 is 23.4 Å². The number of aliphatic hydroxyl groups is 1. The van der Waals surface area contributed by atoms with E-state index in [9.17, 15) is 9.90 Å². The molecule has 8 heteroatoms. The highest BCUT2D eigenvalue weighted by Gasteiger charge is 2.32. The summed E-state index contributed by atoms with van der Waals surface area (Å²) in [5.41, 5.74) is -0.0483. The lowest BCUT2D eigenvalue weighted by atomic mass is 9.81. The molecule has 7 nitrogen and oxygen atoms in total. The molecule has 0 aliphatic carbocycles. The van der Waals surface area contributed by atoms with Crippen LogP contribution < -0.4 is 5.32 Å². The van der Waals surface area contributed by atoms with E-state index in [2.05, 4.69) is 15.5 Å². The number of esters is 1. The molecule has 122 valence electrons. The first-order valence-corrected chi connectivity index (χ1v) is 7.61. The predicted molar refractivity (Wildman–Crippen MR) is 81.1 cm³/mol. The summed E-state index contributed by atoms with van der Waals surface area (Å²) in [6.45, 7) is 3.72. The van der Waals surface area contributed by atoms with Crippen molar-refractivity contribution in [2.24, 2.45) is 5.41 Å². The molecule has 1 aliphatic rings. The predicted octanol–water partition coefficient (Wildman–Crippen LogP) is 1.51. The number of aromatic nitrogens is 2. The minimum absolute atomic E-state index is 0.0408. The zero-order valence-electron chi connectivity index (χ0n) is 12.5. The first-order valence-electron chi connectivity index (χ1n) is 7.23. The van der Waals surface area contributed by atoms with E-state index in [1.54, 1.807) is 6.92 Å². The van der Waals surface area contributed by atoms with Crippen molar-refractivity contribution in [2.75, 3.05) is 38.3 Å². The topological polar surface area (TPSA) is 93.6 Å². The molecule has 0 bridgehead atoms. The summed E-state index contributed by atoms with van der Waals surface area (Å²) >= 11 is 5.80. The lowest BCUT2D eigenvalue weighted by Crippen LogP contribution is -2.39. The van der Waals surface area contributed by atoms with Crippen LogP contribution in [0.4, 0.5) is 5.82 Å². The number of hydrogen-bond donors (Lipinski definition) is 2. The van der Waals surface area contributed by atoms with E-state index in [1.807, 2.05) is 0 Å². The maximum absolute atomic E-state index is 12.0. The third-order valence-electron chi connectivity index (χ3n) is 3.78. The van der Waals surface area contributed by atoms with Crippen LogP contribution in [0.15, 0.2) is 6.07 Å². The van der Waals surface area contributed by atoms with Gasteiger partial charge in [0.15, 0.2) is 11.0 Å². The molecule has 0 radical (unpaired) electrons. The quantitative estimate of drug-likeness (QED) is 0.764. The number of hydrogen-bond acceptors (Lipinski definition) is 7. The minimum Gasteiger partial charge on any atom is -0.462 e. The lowest BCUT2D eigenvalue weighted by molar-refractivity contribution is -0.00864.